The summed E-state index contributed by atoms with van der Waals surface area (Å²) in [5.74, 6) is 1.39. The Morgan fingerprint density at radius 3 is 1.56 bits per heavy atom. The second kappa shape index (κ2) is 10.5. The molecule has 0 heterocycles. The van der Waals surface area contributed by atoms with Crippen molar-refractivity contribution in [2.24, 2.45) is 11.8 Å². The Kier molecular flexibility index (Phi) is 10.7. The average Bonchev–Trinajstić information content (AvgIpc) is 2.19. The van der Waals surface area contributed by atoms with Crippen LogP contribution in [0.25, 0.3) is 0 Å². The lowest BCUT2D eigenvalue weighted by atomic mass is 10.1. The highest BCUT2D eigenvalue weighted by molar-refractivity contribution is 7.40. The average molecular weight is 250 g/mol. The molecular formula is C12H27O3P. The quantitative estimate of drug-likeness (QED) is 0.468. The first-order valence-electron chi connectivity index (χ1n) is 6.27. The Morgan fingerprint density at radius 1 is 0.875 bits per heavy atom. The summed E-state index contributed by atoms with van der Waals surface area (Å²) in [4.78, 5) is 9.40. The van der Waals surface area contributed by atoms with Gasteiger partial charge in [-0.3, -0.25) is 0 Å². The van der Waals surface area contributed by atoms with Gasteiger partial charge in [-0.2, -0.15) is 0 Å². The van der Waals surface area contributed by atoms with Crippen molar-refractivity contribution in [2.75, 3.05) is 13.2 Å². The molecule has 98 valence electrons. The van der Waals surface area contributed by atoms with Gasteiger partial charge in [0.1, 0.15) is 0 Å². The maximum atomic E-state index is 9.40. The lowest BCUT2D eigenvalue weighted by Crippen LogP contribution is -1.98. The van der Waals surface area contributed by atoms with Gasteiger partial charge in [-0.25, -0.2) is 0 Å². The highest BCUT2D eigenvalue weighted by Crippen LogP contribution is 2.33. The van der Waals surface area contributed by atoms with Crippen LogP contribution < -0.4 is 0 Å². The first-order chi connectivity index (χ1) is 7.52. The van der Waals surface area contributed by atoms with E-state index < -0.39 is 8.60 Å². The molecule has 1 N–H and O–H groups in total. The largest absolute Gasteiger partial charge is 0.329 e. The predicted octanol–water partition coefficient (Wildman–Crippen LogP) is 4.11. The van der Waals surface area contributed by atoms with Crippen LogP contribution in [-0.2, 0) is 9.05 Å². The highest BCUT2D eigenvalue weighted by Gasteiger charge is 2.06. The fourth-order valence-electron chi connectivity index (χ4n) is 1.31. The Labute approximate surface area is 102 Å². The Hall–Kier alpha value is 0.310. The van der Waals surface area contributed by atoms with Gasteiger partial charge in [0.25, 0.3) is 0 Å². The van der Waals surface area contributed by atoms with E-state index >= 15 is 0 Å². The molecule has 0 spiro atoms. The van der Waals surface area contributed by atoms with E-state index in [4.69, 9.17) is 9.05 Å². The molecule has 16 heavy (non-hydrogen) atoms. The third kappa shape index (κ3) is 12.4. The number of hydrogen-bond acceptors (Lipinski definition) is 3. The normalized spacial score (nSPS) is 12.0. The minimum absolute atomic E-state index is 0.602. The maximum Gasteiger partial charge on any atom is 0.329 e. The smallest absolute Gasteiger partial charge is 0.328 e. The summed E-state index contributed by atoms with van der Waals surface area (Å²) < 4.78 is 10.4. The van der Waals surface area contributed by atoms with Crippen LogP contribution in [0.15, 0.2) is 0 Å². The van der Waals surface area contributed by atoms with Crippen molar-refractivity contribution in [3.05, 3.63) is 0 Å². The highest BCUT2D eigenvalue weighted by atomic mass is 31.2. The van der Waals surface area contributed by atoms with Gasteiger partial charge in [0.05, 0.1) is 13.2 Å². The summed E-state index contributed by atoms with van der Waals surface area (Å²) in [7, 11) is -1.64. The number of hydrogen-bond donors (Lipinski definition) is 1. The van der Waals surface area contributed by atoms with Crippen molar-refractivity contribution < 1.29 is 13.9 Å². The summed E-state index contributed by atoms with van der Waals surface area (Å²) in [6, 6.07) is 0. The third-order valence-corrected chi connectivity index (χ3v) is 3.06. The van der Waals surface area contributed by atoms with E-state index in [1.54, 1.807) is 0 Å². The van der Waals surface area contributed by atoms with Gasteiger partial charge in [0.15, 0.2) is 0 Å². The van der Waals surface area contributed by atoms with Crippen LogP contribution in [-0.4, -0.2) is 18.1 Å². The van der Waals surface area contributed by atoms with E-state index in [0.717, 1.165) is 25.7 Å². The van der Waals surface area contributed by atoms with Crippen molar-refractivity contribution >= 4 is 8.60 Å². The molecule has 4 heteroatoms. The molecule has 0 saturated carbocycles. The van der Waals surface area contributed by atoms with Gasteiger partial charge in [-0.1, -0.05) is 27.7 Å². The van der Waals surface area contributed by atoms with Crippen LogP contribution in [0.3, 0.4) is 0 Å². The molecule has 0 rings (SSSR count). The van der Waals surface area contributed by atoms with Crippen LogP contribution in [0, 0.1) is 11.8 Å². The van der Waals surface area contributed by atoms with Crippen LogP contribution >= 0.6 is 8.60 Å². The molecule has 0 aliphatic rings. The molecule has 0 aliphatic carbocycles. The molecule has 0 saturated heterocycles. The van der Waals surface area contributed by atoms with E-state index in [-0.39, 0.29) is 0 Å². The lowest BCUT2D eigenvalue weighted by Gasteiger charge is -2.11. The SMILES string of the molecule is CC(C)CCCOP(O)OCCCC(C)C. The fourth-order valence-corrected chi connectivity index (χ4v) is 1.95. The molecule has 0 fully saturated rings. The summed E-state index contributed by atoms with van der Waals surface area (Å²) in [5, 5.41) is 0. The molecule has 0 aromatic carbocycles. The zero-order valence-corrected chi connectivity index (χ0v) is 12.0. The van der Waals surface area contributed by atoms with Crippen molar-refractivity contribution in [3.63, 3.8) is 0 Å². The zero-order chi connectivity index (χ0) is 12.4. The van der Waals surface area contributed by atoms with E-state index in [1.165, 1.54) is 0 Å². The molecule has 0 aromatic rings. The minimum Gasteiger partial charge on any atom is -0.328 e. The van der Waals surface area contributed by atoms with Crippen LogP contribution in [0.5, 0.6) is 0 Å². The van der Waals surface area contributed by atoms with E-state index in [0.29, 0.717) is 25.0 Å². The molecule has 0 aromatic heterocycles. The van der Waals surface area contributed by atoms with E-state index in [9.17, 15) is 4.89 Å². The second-order valence-electron chi connectivity index (χ2n) is 4.98. The topological polar surface area (TPSA) is 38.7 Å². The van der Waals surface area contributed by atoms with Gasteiger partial charge in [-0.05, 0) is 37.5 Å². The van der Waals surface area contributed by atoms with E-state index in [1.807, 2.05) is 0 Å². The standard InChI is InChI=1S/C12H27O3P/c1-11(2)7-5-9-14-16(13)15-10-6-8-12(3)4/h11-13H,5-10H2,1-4H3. The van der Waals surface area contributed by atoms with Gasteiger partial charge in [0, 0.05) is 0 Å². The lowest BCUT2D eigenvalue weighted by molar-refractivity contribution is 0.191. The Bertz CT molecular complexity index is 135. The molecule has 0 amide bonds. The van der Waals surface area contributed by atoms with Crippen molar-refractivity contribution in [3.8, 4) is 0 Å². The minimum atomic E-state index is -1.64. The molecular weight excluding hydrogens is 223 g/mol. The third-order valence-electron chi connectivity index (χ3n) is 2.26. The summed E-state index contributed by atoms with van der Waals surface area (Å²) in [6.45, 7) is 9.94. The second-order valence-corrected chi connectivity index (χ2v) is 5.97. The van der Waals surface area contributed by atoms with Gasteiger partial charge >= 0.3 is 8.60 Å². The van der Waals surface area contributed by atoms with Crippen LogP contribution in [0.1, 0.15) is 53.4 Å². The molecule has 0 atom stereocenters. The first kappa shape index (κ1) is 16.3. The summed E-state index contributed by atoms with van der Waals surface area (Å²) in [6.07, 6.45) is 4.26. The molecule has 3 nitrogen and oxygen atoms in total. The van der Waals surface area contributed by atoms with Crippen molar-refractivity contribution in [2.45, 2.75) is 53.4 Å². The fraction of sp³-hybridized carbons (Fsp3) is 1.00. The summed E-state index contributed by atoms with van der Waals surface area (Å²) >= 11 is 0. The van der Waals surface area contributed by atoms with Gasteiger partial charge in [-0.15, -0.1) is 0 Å². The van der Waals surface area contributed by atoms with Crippen LogP contribution in [0.2, 0.25) is 0 Å². The van der Waals surface area contributed by atoms with E-state index in [2.05, 4.69) is 27.7 Å². The van der Waals surface area contributed by atoms with Crippen molar-refractivity contribution in [1.29, 1.82) is 0 Å². The van der Waals surface area contributed by atoms with Gasteiger partial charge in [0.2, 0.25) is 0 Å². The Balaban J connectivity index is 3.21. The molecule has 0 radical (unpaired) electrons. The summed E-state index contributed by atoms with van der Waals surface area (Å²) in [5.41, 5.74) is 0. The molecule has 0 bridgehead atoms. The monoisotopic (exact) mass is 250 g/mol. The molecule has 0 unspecified atom stereocenters. The van der Waals surface area contributed by atoms with Crippen molar-refractivity contribution in [1.82, 2.24) is 0 Å². The zero-order valence-electron chi connectivity index (χ0n) is 11.1. The Morgan fingerprint density at radius 2 is 1.25 bits per heavy atom. The number of rotatable bonds is 10. The molecule has 0 aliphatic heterocycles. The van der Waals surface area contributed by atoms with Crippen LogP contribution in [0.4, 0.5) is 0 Å². The van der Waals surface area contributed by atoms with Gasteiger partial charge < -0.3 is 13.9 Å². The maximum absolute atomic E-state index is 9.40. The first-order valence-corrected chi connectivity index (χ1v) is 7.40. The predicted molar refractivity (Wildman–Crippen MR) is 69.2 cm³/mol.